The molecule has 10 heteroatoms. The summed E-state index contributed by atoms with van der Waals surface area (Å²) in [5.41, 5.74) is 5.72. The van der Waals surface area contributed by atoms with E-state index in [2.05, 4.69) is 10.9 Å². The number of carbonyl (C=O) groups excluding carboxylic acids is 2. The van der Waals surface area contributed by atoms with Gasteiger partial charge in [-0.3, -0.25) is 20.4 Å². The van der Waals surface area contributed by atoms with E-state index in [1.807, 2.05) is 6.92 Å². The predicted molar refractivity (Wildman–Crippen MR) is 123 cm³/mol. The summed E-state index contributed by atoms with van der Waals surface area (Å²) < 4.78 is 38.0. The number of carbonyl (C=O) groups is 2. The lowest BCUT2D eigenvalue weighted by molar-refractivity contribution is 0.0846. The van der Waals surface area contributed by atoms with Gasteiger partial charge in [0, 0.05) is 24.2 Å². The lowest BCUT2D eigenvalue weighted by Crippen LogP contribution is -2.42. The molecule has 2 aromatic rings. The van der Waals surface area contributed by atoms with E-state index >= 15 is 0 Å². The fraction of sp³-hybridized carbons (Fsp3) is 0.391. The highest BCUT2D eigenvalue weighted by Gasteiger charge is 2.27. The van der Waals surface area contributed by atoms with Crippen molar-refractivity contribution >= 4 is 21.8 Å². The number of ether oxygens (including phenoxy) is 2. The van der Waals surface area contributed by atoms with Gasteiger partial charge in [-0.2, -0.15) is 4.31 Å². The van der Waals surface area contributed by atoms with Gasteiger partial charge in [0.1, 0.15) is 0 Å². The van der Waals surface area contributed by atoms with Gasteiger partial charge in [0.2, 0.25) is 10.0 Å². The van der Waals surface area contributed by atoms with E-state index in [0.29, 0.717) is 36.8 Å². The third kappa shape index (κ3) is 5.63. The van der Waals surface area contributed by atoms with E-state index < -0.39 is 21.8 Å². The summed E-state index contributed by atoms with van der Waals surface area (Å²) in [6.07, 6.45) is 2.65. The first kappa shape index (κ1) is 24.5. The van der Waals surface area contributed by atoms with E-state index in [4.69, 9.17) is 9.47 Å². The van der Waals surface area contributed by atoms with Gasteiger partial charge in [0.15, 0.2) is 11.5 Å². The molecule has 0 bridgehead atoms. The average Bonchev–Trinajstić information content (AvgIpc) is 2.83. The van der Waals surface area contributed by atoms with Crippen molar-refractivity contribution in [2.75, 3.05) is 26.8 Å². The molecule has 0 aromatic heterocycles. The Morgan fingerprint density at radius 2 is 1.67 bits per heavy atom. The molecule has 0 radical (unpaired) electrons. The Morgan fingerprint density at radius 1 is 0.970 bits per heavy atom. The highest BCUT2D eigenvalue weighted by Crippen LogP contribution is 2.28. The summed E-state index contributed by atoms with van der Waals surface area (Å²) in [6.45, 7) is 4.93. The van der Waals surface area contributed by atoms with Crippen molar-refractivity contribution < 1.29 is 27.5 Å². The number of rotatable bonds is 7. The van der Waals surface area contributed by atoms with Gasteiger partial charge in [-0.15, -0.1) is 0 Å². The van der Waals surface area contributed by atoms with Crippen LogP contribution in [0.5, 0.6) is 11.5 Å². The maximum atomic E-state index is 13.0. The third-order valence-electron chi connectivity index (χ3n) is 5.42. The molecule has 0 unspecified atom stereocenters. The summed E-state index contributed by atoms with van der Waals surface area (Å²) in [4.78, 5) is 25.3. The molecule has 0 aliphatic carbocycles. The lowest BCUT2D eigenvalue weighted by Gasteiger charge is -2.26. The summed E-state index contributed by atoms with van der Waals surface area (Å²) in [5.74, 6) is -0.279. The summed E-state index contributed by atoms with van der Waals surface area (Å²) in [7, 11) is -2.22. The molecule has 1 aliphatic rings. The number of benzene rings is 2. The number of methoxy groups -OCH3 is 1. The third-order valence-corrected chi connectivity index (χ3v) is 7.32. The fourth-order valence-electron chi connectivity index (χ4n) is 3.60. The Bertz CT molecular complexity index is 1130. The van der Waals surface area contributed by atoms with Crippen molar-refractivity contribution in [2.24, 2.45) is 0 Å². The van der Waals surface area contributed by atoms with Crippen molar-refractivity contribution in [1.82, 2.24) is 15.2 Å². The van der Waals surface area contributed by atoms with Crippen molar-refractivity contribution in [3.63, 3.8) is 0 Å². The monoisotopic (exact) mass is 475 g/mol. The number of piperidine rings is 1. The van der Waals surface area contributed by atoms with Crippen molar-refractivity contribution in [3.8, 4) is 11.5 Å². The second kappa shape index (κ2) is 10.7. The highest BCUT2D eigenvalue weighted by molar-refractivity contribution is 7.89. The topological polar surface area (TPSA) is 114 Å². The zero-order chi connectivity index (χ0) is 24.0. The number of nitrogens with zero attached hydrogens (tertiary/aromatic N) is 1. The van der Waals surface area contributed by atoms with Gasteiger partial charge < -0.3 is 9.47 Å². The molecule has 0 saturated carbocycles. The molecule has 1 aliphatic heterocycles. The second-order valence-corrected chi connectivity index (χ2v) is 9.59. The Morgan fingerprint density at radius 3 is 2.33 bits per heavy atom. The Hall–Kier alpha value is -3.11. The Balaban J connectivity index is 1.73. The Labute approximate surface area is 194 Å². The van der Waals surface area contributed by atoms with E-state index in [0.717, 1.165) is 19.3 Å². The predicted octanol–water partition coefficient (Wildman–Crippen LogP) is 2.65. The summed E-state index contributed by atoms with van der Waals surface area (Å²) >= 11 is 0. The average molecular weight is 476 g/mol. The smallest absolute Gasteiger partial charge is 0.270 e. The van der Waals surface area contributed by atoms with Crippen LogP contribution in [-0.2, 0) is 10.0 Å². The lowest BCUT2D eigenvalue weighted by atomic mass is 10.1. The number of hydrazine groups is 1. The van der Waals surface area contributed by atoms with Crippen LogP contribution in [-0.4, -0.2) is 51.3 Å². The number of hydrogen-bond donors (Lipinski definition) is 2. The van der Waals surface area contributed by atoms with Crippen LogP contribution in [0.1, 0.15) is 52.5 Å². The van der Waals surface area contributed by atoms with E-state index in [1.165, 1.54) is 29.6 Å². The first-order valence-corrected chi connectivity index (χ1v) is 12.2. The SMILES string of the molecule is CCOc1ccc(C(=O)NNC(=O)c2cc(S(=O)(=O)N3CCCCC3)ccc2C)cc1OC. The van der Waals surface area contributed by atoms with Crippen LogP contribution in [0.4, 0.5) is 0 Å². The molecule has 2 N–H and O–H groups in total. The molecule has 0 spiro atoms. The highest BCUT2D eigenvalue weighted by atomic mass is 32.2. The molecule has 33 heavy (non-hydrogen) atoms. The van der Waals surface area contributed by atoms with E-state index in [9.17, 15) is 18.0 Å². The fourth-order valence-corrected chi connectivity index (χ4v) is 5.14. The quantitative estimate of drug-likeness (QED) is 0.595. The standard InChI is InChI=1S/C23H29N3O6S/c1-4-32-20-11-9-17(14-21(20)31-3)22(27)24-25-23(28)19-15-18(10-8-16(19)2)33(29,30)26-12-6-5-7-13-26/h8-11,14-15H,4-7,12-13H2,1-3H3,(H,24,27)(H,25,28). The number of nitrogens with one attached hydrogen (secondary N) is 2. The van der Waals surface area contributed by atoms with E-state index in [1.54, 1.807) is 25.1 Å². The van der Waals surface area contributed by atoms with Crippen molar-refractivity contribution in [3.05, 3.63) is 53.1 Å². The molecule has 1 saturated heterocycles. The Kier molecular flexibility index (Phi) is 7.93. The maximum absolute atomic E-state index is 13.0. The normalized spacial score (nSPS) is 14.4. The van der Waals surface area contributed by atoms with Gasteiger partial charge in [-0.05, 0) is 62.6 Å². The van der Waals surface area contributed by atoms with Gasteiger partial charge in [-0.1, -0.05) is 12.5 Å². The molecule has 1 heterocycles. The first-order chi connectivity index (χ1) is 15.8. The van der Waals surface area contributed by atoms with Crippen LogP contribution in [0.2, 0.25) is 0 Å². The minimum absolute atomic E-state index is 0.0581. The number of amides is 2. The summed E-state index contributed by atoms with van der Waals surface area (Å²) in [6, 6.07) is 9.10. The van der Waals surface area contributed by atoms with Gasteiger partial charge in [-0.25, -0.2) is 8.42 Å². The minimum atomic E-state index is -3.69. The molecule has 178 valence electrons. The first-order valence-electron chi connectivity index (χ1n) is 10.8. The van der Waals surface area contributed by atoms with Crippen LogP contribution in [0.25, 0.3) is 0 Å². The molecule has 3 rings (SSSR count). The number of aryl methyl sites for hydroxylation is 1. The van der Waals surface area contributed by atoms with Crippen LogP contribution < -0.4 is 20.3 Å². The number of hydrogen-bond acceptors (Lipinski definition) is 6. The van der Waals surface area contributed by atoms with Crippen LogP contribution in [0.3, 0.4) is 0 Å². The van der Waals surface area contributed by atoms with Gasteiger partial charge in [0.05, 0.1) is 18.6 Å². The molecular weight excluding hydrogens is 446 g/mol. The van der Waals surface area contributed by atoms with Crippen LogP contribution in [0, 0.1) is 6.92 Å². The largest absolute Gasteiger partial charge is 0.493 e. The second-order valence-electron chi connectivity index (χ2n) is 7.65. The van der Waals surface area contributed by atoms with Crippen LogP contribution in [0.15, 0.2) is 41.3 Å². The zero-order valence-corrected chi connectivity index (χ0v) is 19.8. The minimum Gasteiger partial charge on any atom is -0.493 e. The molecule has 0 atom stereocenters. The molecule has 2 amide bonds. The number of sulfonamides is 1. The van der Waals surface area contributed by atoms with Crippen molar-refractivity contribution in [2.45, 2.75) is 38.0 Å². The van der Waals surface area contributed by atoms with Crippen LogP contribution >= 0.6 is 0 Å². The summed E-state index contributed by atoms with van der Waals surface area (Å²) in [5, 5.41) is 0. The zero-order valence-electron chi connectivity index (χ0n) is 19.0. The molecular formula is C23H29N3O6S. The van der Waals surface area contributed by atoms with Crippen molar-refractivity contribution in [1.29, 1.82) is 0 Å². The van der Waals surface area contributed by atoms with Gasteiger partial charge >= 0.3 is 0 Å². The molecule has 2 aromatic carbocycles. The van der Waals surface area contributed by atoms with Gasteiger partial charge in [0.25, 0.3) is 11.8 Å². The van der Waals surface area contributed by atoms with E-state index in [-0.39, 0.29) is 16.0 Å². The molecule has 1 fully saturated rings. The maximum Gasteiger partial charge on any atom is 0.270 e. The molecule has 9 nitrogen and oxygen atoms in total.